The van der Waals surface area contributed by atoms with Gasteiger partial charge in [0.25, 0.3) is 5.91 Å². The number of nitrogens with one attached hydrogen (secondary N) is 3. The third kappa shape index (κ3) is 5.18. The Labute approximate surface area is 184 Å². The van der Waals surface area contributed by atoms with Gasteiger partial charge < -0.3 is 15.0 Å². The first kappa shape index (κ1) is 21.6. The van der Waals surface area contributed by atoms with Crippen LogP contribution in [0.3, 0.4) is 0 Å². The highest BCUT2D eigenvalue weighted by atomic mass is 16.5. The van der Waals surface area contributed by atoms with Crippen molar-refractivity contribution in [1.29, 1.82) is 0 Å². The molecule has 2 fully saturated rings. The highest BCUT2D eigenvalue weighted by Gasteiger charge is 2.32. The molecule has 2 saturated heterocycles. The zero-order valence-electron chi connectivity index (χ0n) is 18.6. The highest BCUT2D eigenvalue weighted by Crippen LogP contribution is 2.27. The average Bonchev–Trinajstić information content (AvgIpc) is 3.30. The lowest BCUT2D eigenvalue weighted by molar-refractivity contribution is 0.0880. The average molecular weight is 424 g/mol. The second-order valence-corrected chi connectivity index (χ2v) is 8.59. The number of ether oxygens (including phenoxy) is 1. The summed E-state index contributed by atoms with van der Waals surface area (Å²) in [7, 11) is 5.68. The smallest absolute Gasteiger partial charge is 0.251 e. The maximum atomic E-state index is 12.6. The molecule has 2 atom stereocenters. The Morgan fingerprint density at radius 2 is 1.71 bits per heavy atom. The van der Waals surface area contributed by atoms with Gasteiger partial charge in [0.15, 0.2) is 0 Å². The maximum absolute atomic E-state index is 12.6. The topological polar surface area (TPSA) is 68.9 Å². The molecule has 3 N–H and O–H groups in total. The molecule has 166 valence electrons. The van der Waals surface area contributed by atoms with Crippen molar-refractivity contribution in [3.05, 3.63) is 59.7 Å². The van der Waals surface area contributed by atoms with Crippen LogP contribution in [0.5, 0.6) is 5.75 Å². The van der Waals surface area contributed by atoms with Crippen molar-refractivity contribution in [3.63, 3.8) is 0 Å². The van der Waals surface area contributed by atoms with Crippen molar-refractivity contribution in [2.24, 2.45) is 0 Å². The number of carbonyl (C=O) groups excluding carboxylic acids is 1. The van der Waals surface area contributed by atoms with Crippen LogP contribution in [0, 0.1) is 0 Å². The number of hydrazine groups is 1. The number of anilines is 1. The van der Waals surface area contributed by atoms with E-state index in [9.17, 15) is 4.79 Å². The quantitative estimate of drug-likeness (QED) is 0.663. The first-order chi connectivity index (χ1) is 15.0. The predicted molar refractivity (Wildman–Crippen MR) is 123 cm³/mol. The molecule has 2 unspecified atom stereocenters. The first-order valence-electron chi connectivity index (χ1n) is 11.0. The minimum atomic E-state index is 0.0176. The number of likely N-dealkylation sites (tertiary alicyclic amines) is 1. The fourth-order valence-corrected chi connectivity index (χ4v) is 4.37. The summed E-state index contributed by atoms with van der Waals surface area (Å²) in [5.74, 6) is 0.896. The number of piperidine rings is 1. The number of amides is 1. The summed E-state index contributed by atoms with van der Waals surface area (Å²) in [4.78, 5) is 17.1. The number of nitrogens with zero attached hydrogens (tertiary/aromatic N) is 2. The van der Waals surface area contributed by atoms with Crippen molar-refractivity contribution in [1.82, 2.24) is 21.1 Å². The van der Waals surface area contributed by atoms with Gasteiger partial charge in [-0.1, -0.05) is 12.1 Å². The summed E-state index contributed by atoms with van der Waals surface area (Å²) >= 11 is 0. The first-order valence-corrected chi connectivity index (χ1v) is 11.0. The van der Waals surface area contributed by atoms with Crippen LogP contribution in [0.4, 0.5) is 5.69 Å². The van der Waals surface area contributed by atoms with Gasteiger partial charge in [0, 0.05) is 50.5 Å². The van der Waals surface area contributed by atoms with Gasteiger partial charge >= 0.3 is 0 Å². The molecule has 0 bridgehead atoms. The van der Waals surface area contributed by atoms with E-state index in [2.05, 4.69) is 33.2 Å². The molecule has 2 aliphatic heterocycles. The van der Waals surface area contributed by atoms with Gasteiger partial charge in [-0.25, -0.2) is 10.9 Å². The van der Waals surface area contributed by atoms with E-state index < -0.39 is 0 Å². The molecule has 2 aromatic rings. The van der Waals surface area contributed by atoms with Gasteiger partial charge in [-0.2, -0.15) is 0 Å². The SMILES string of the molecule is COc1ccc(C2CC(N3CCC(NC(=O)c4ccc(N(C)C)cc4)CC3)NN2)cc1. The van der Waals surface area contributed by atoms with E-state index in [0.717, 1.165) is 49.4 Å². The Balaban J connectivity index is 1.24. The van der Waals surface area contributed by atoms with Crippen LogP contribution in [-0.4, -0.2) is 57.3 Å². The number of rotatable bonds is 6. The zero-order valence-corrected chi connectivity index (χ0v) is 18.6. The number of benzene rings is 2. The van der Waals surface area contributed by atoms with Crippen LogP contribution in [0.1, 0.15) is 41.2 Å². The largest absolute Gasteiger partial charge is 0.497 e. The molecule has 0 aromatic heterocycles. The molecule has 1 amide bonds. The van der Waals surface area contributed by atoms with Crippen molar-refractivity contribution in [2.45, 2.75) is 37.5 Å². The third-order valence-electron chi connectivity index (χ3n) is 6.35. The Bertz CT molecular complexity index is 861. The van der Waals surface area contributed by atoms with Crippen LogP contribution >= 0.6 is 0 Å². The van der Waals surface area contributed by atoms with E-state index in [1.807, 2.05) is 55.4 Å². The highest BCUT2D eigenvalue weighted by molar-refractivity contribution is 5.94. The predicted octanol–water partition coefficient (Wildman–Crippen LogP) is 2.52. The summed E-state index contributed by atoms with van der Waals surface area (Å²) < 4.78 is 5.25. The van der Waals surface area contributed by atoms with E-state index in [1.54, 1.807) is 7.11 Å². The van der Waals surface area contributed by atoms with Crippen LogP contribution in [0.15, 0.2) is 48.5 Å². The minimum absolute atomic E-state index is 0.0176. The number of hydrogen-bond acceptors (Lipinski definition) is 6. The fourth-order valence-electron chi connectivity index (χ4n) is 4.37. The van der Waals surface area contributed by atoms with Crippen LogP contribution in [0.25, 0.3) is 0 Å². The Morgan fingerprint density at radius 1 is 1.03 bits per heavy atom. The summed E-state index contributed by atoms with van der Waals surface area (Å²) in [6, 6.07) is 16.5. The lowest BCUT2D eigenvalue weighted by Crippen LogP contribution is -2.51. The number of hydrogen-bond donors (Lipinski definition) is 3. The monoisotopic (exact) mass is 423 g/mol. The van der Waals surface area contributed by atoms with E-state index >= 15 is 0 Å². The molecule has 2 aliphatic rings. The van der Waals surface area contributed by atoms with Gasteiger partial charge in [0.2, 0.25) is 0 Å². The van der Waals surface area contributed by atoms with Crippen molar-refractivity contribution < 1.29 is 9.53 Å². The fraction of sp³-hybridized carbons (Fsp3) is 0.458. The van der Waals surface area contributed by atoms with Crippen LogP contribution in [0.2, 0.25) is 0 Å². The van der Waals surface area contributed by atoms with E-state index in [-0.39, 0.29) is 11.9 Å². The zero-order chi connectivity index (χ0) is 21.8. The molecule has 4 rings (SSSR count). The molecule has 0 saturated carbocycles. The van der Waals surface area contributed by atoms with Crippen molar-refractivity contribution in [2.75, 3.05) is 39.2 Å². The molecule has 2 aromatic carbocycles. The summed E-state index contributed by atoms with van der Waals surface area (Å²) in [6.45, 7) is 1.94. The van der Waals surface area contributed by atoms with Crippen molar-refractivity contribution >= 4 is 11.6 Å². The van der Waals surface area contributed by atoms with Gasteiger partial charge in [-0.3, -0.25) is 9.69 Å². The van der Waals surface area contributed by atoms with Crippen molar-refractivity contribution in [3.8, 4) is 5.75 Å². The van der Waals surface area contributed by atoms with E-state index in [0.29, 0.717) is 12.2 Å². The summed E-state index contributed by atoms with van der Waals surface area (Å²) in [5.41, 5.74) is 9.96. The molecule has 2 heterocycles. The molecule has 0 spiro atoms. The summed E-state index contributed by atoms with van der Waals surface area (Å²) in [6.07, 6.45) is 3.25. The molecular weight excluding hydrogens is 390 g/mol. The summed E-state index contributed by atoms with van der Waals surface area (Å²) in [5, 5.41) is 3.21. The van der Waals surface area contributed by atoms with Gasteiger partial charge in [0.1, 0.15) is 5.75 Å². The third-order valence-corrected chi connectivity index (χ3v) is 6.35. The lowest BCUT2D eigenvalue weighted by atomic mass is 10.0. The molecule has 0 radical (unpaired) electrons. The molecule has 7 nitrogen and oxygen atoms in total. The van der Waals surface area contributed by atoms with Crippen LogP contribution in [-0.2, 0) is 0 Å². The second-order valence-electron chi connectivity index (χ2n) is 8.59. The van der Waals surface area contributed by atoms with Crippen LogP contribution < -0.4 is 25.8 Å². The second kappa shape index (κ2) is 9.68. The van der Waals surface area contributed by atoms with Gasteiger partial charge in [-0.05, 0) is 61.2 Å². The number of methoxy groups -OCH3 is 1. The molecular formula is C24H33N5O2. The minimum Gasteiger partial charge on any atom is -0.497 e. The Hall–Kier alpha value is -2.61. The van der Waals surface area contributed by atoms with Gasteiger partial charge in [-0.15, -0.1) is 0 Å². The molecule has 0 aliphatic carbocycles. The number of carbonyl (C=O) groups is 1. The standard InChI is InChI=1S/C24H33N5O2/c1-28(2)20-8-4-18(5-9-20)24(30)25-19-12-14-29(15-13-19)23-16-22(26-27-23)17-6-10-21(31-3)11-7-17/h4-11,19,22-23,26-27H,12-16H2,1-3H3,(H,25,30). The Kier molecular flexibility index (Phi) is 6.75. The molecule has 31 heavy (non-hydrogen) atoms. The lowest BCUT2D eigenvalue weighted by Gasteiger charge is -2.35. The Morgan fingerprint density at radius 3 is 2.32 bits per heavy atom. The van der Waals surface area contributed by atoms with E-state index in [1.165, 1.54) is 5.56 Å². The van der Waals surface area contributed by atoms with Gasteiger partial charge in [0.05, 0.1) is 13.3 Å². The maximum Gasteiger partial charge on any atom is 0.251 e. The normalized spacial score (nSPS) is 22.3. The molecule has 7 heteroatoms. The van der Waals surface area contributed by atoms with E-state index in [4.69, 9.17) is 4.74 Å².